The summed E-state index contributed by atoms with van der Waals surface area (Å²) >= 11 is 1.70. The van der Waals surface area contributed by atoms with Gasteiger partial charge in [-0.3, -0.25) is 4.79 Å². The van der Waals surface area contributed by atoms with Crippen molar-refractivity contribution in [2.24, 2.45) is 11.7 Å². The molecule has 5 heteroatoms. The maximum atomic E-state index is 11.6. The topological polar surface area (TPSA) is 64.3 Å². The van der Waals surface area contributed by atoms with E-state index in [4.69, 9.17) is 10.5 Å². The van der Waals surface area contributed by atoms with E-state index in [1.807, 2.05) is 6.26 Å². The van der Waals surface area contributed by atoms with Crippen molar-refractivity contribution in [2.75, 3.05) is 25.7 Å². The normalized spacial score (nSPS) is 14.9. The number of thioether (sulfide) groups is 1. The Morgan fingerprint density at radius 1 is 1.50 bits per heavy atom. The Morgan fingerprint density at radius 3 is 2.56 bits per heavy atom. The molecule has 0 rings (SSSR count). The molecule has 0 heterocycles. The summed E-state index contributed by atoms with van der Waals surface area (Å²) in [5, 5.41) is 2.83. The molecular weight excluding hydrogens is 224 g/mol. The lowest BCUT2D eigenvalue weighted by Crippen LogP contribution is -2.45. The van der Waals surface area contributed by atoms with Crippen LogP contribution >= 0.6 is 11.8 Å². The van der Waals surface area contributed by atoms with Crippen molar-refractivity contribution in [3.63, 3.8) is 0 Å². The third-order valence-electron chi connectivity index (χ3n) is 2.49. The Bertz CT molecular complexity index is 200. The Morgan fingerprint density at radius 2 is 2.12 bits per heavy atom. The van der Waals surface area contributed by atoms with Gasteiger partial charge in [0.05, 0.1) is 12.1 Å². The van der Waals surface area contributed by atoms with Crippen LogP contribution in [0.15, 0.2) is 0 Å². The summed E-state index contributed by atoms with van der Waals surface area (Å²) in [5.41, 5.74) is 5.74. The van der Waals surface area contributed by atoms with E-state index in [1.165, 1.54) is 0 Å². The Hall–Kier alpha value is -0.260. The lowest BCUT2D eigenvalue weighted by atomic mass is 10.1. The van der Waals surface area contributed by atoms with E-state index < -0.39 is 6.04 Å². The fourth-order valence-electron chi connectivity index (χ4n) is 1.30. The van der Waals surface area contributed by atoms with Crippen LogP contribution in [0.1, 0.15) is 20.3 Å². The summed E-state index contributed by atoms with van der Waals surface area (Å²) in [6, 6.07) is -0.405. The molecule has 0 radical (unpaired) electrons. The van der Waals surface area contributed by atoms with E-state index in [1.54, 1.807) is 18.9 Å². The molecule has 0 bridgehead atoms. The minimum absolute atomic E-state index is 0.0525. The largest absolute Gasteiger partial charge is 0.379 e. The van der Waals surface area contributed by atoms with Crippen LogP contribution in [-0.4, -0.2) is 43.7 Å². The van der Waals surface area contributed by atoms with Gasteiger partial charge in [0.1, 0.15) is 0 Å². The molecular formula is C11H24N2O2S. The fourth-order valence-corrected chi connectivity index (χ4v) is 1.79. The summed E-state index contributed by atoms with van der Waals surface area (Å²) in [6.45, 7) is 4.65. The molecule has 4 nitrogen and oxygen atoms in total. The first-order valence-corrected chi connectivity index (χ1v) is 6.97. The highest BCUT2D eigenvalue weighted by molar-refractivity contribution is 7.98. The van der Waals surface area contributed by atoms with Crippen LogP contribution in [-0.2, 0) is 9.53 Å². The molecule has 16 heavy (non-hydrogen) atoms. The maximum Gasteiger partial charge on any atom is 0.237 e. The molecule has 1 unspecified atom stereocenters. The molecule has 1 amide bonds. The molecule has 0 saturated heterocycles. The van der Waals surface area contributed by atoms with Crippen LogP contribution in [0.2, 0.25) is 0 Å². The molecule has 96 valence electrons. The highest BCUT2D eigenvalue weighted by Gasteiger charge is 2.16. The van der Waals surface area contributed by atoms with Crippen molar-refractivity contribution < 1.29 is 9.53 Å². The first kappa shape index (κ1) is 15.7. The molecule has 0 saturated carbocycles. The fraction of sp³-hybridized carbons (Fsp3) is 0.909. The molecule has 2 atom stereocenters. The zero-order valence-corrected chi connectivity index (χ0v) is 11.5. The van der Waals surface area contributed by atoms with E-state index in [2.05, 4.69) is 19.2 Å². The van der Waals surface area contributed by atoms with Gasteiger partial charge in [-0.05, 0) is 24.3 Å². The zero-order chi connectivity index (χ0) is 12.6. The third kappa shape index (κ3) is 6.35. The lowest BCUT2D eigenvalue weighted by Gasteiger charge is -2.20. The maximum absolute atomic E-state index is 11.6. The average molecular weight is 248 g/mol. The molecule has 3 N–H and O–H groups in total. The minimum Gasteiger partial charge on any atom is -0.379 e. The van der Waals surface area contributed by atoms with Crippen molar-refractivity contribution in [3.05, 3.63) is 0 Å². The van der Waals surface area contributed by atoms with Gasteiger partial charge in [0, 0.05) is 13.7 Å². The van der Waals surface area contributed by atoms with Gasteiger partial charge in [0.2, 0.25) is 5.91 Å². The smallest absolute Gasteiger partial charge is 0.237 e. The third-order valence-corrected chi connectivity index (χ3v) is 3.14. The van der Waals surface area contributed by atoms with Crippen LogP contribution in [0.25, 0.3) is 0 Å². The van der Waals surface area contributed by atoms with Gasteiger partial charge in [-0.2, -0.15) is 11.8 Å². The van der Waals surface area contributed by atoms with E-state index >= 15 is 0 Å². The number of nitrogens with one attached hydrogen (secondary N) is 1. The van der Waals surface area contributed by atoms with Gasteiger partial charge in [-0.15, -0.1) is 0 Å². The zero-order valence-electron chi connectivity index (χ0n) is 10.7. The van der Waals surface area contributed by atoms with Crippen molar-refractivity contribution in [1.82, 2.24) is 5.32 Å². The van der Waals surface area contributed by atoms with Gasteiger partial charge in [-0.25, -0.2) is 0 Å². The van der Waals surface area contributed by atoms with Gasteiger partial charge in [0.15, 0.2) is 0 Å². The second-order valence-corrected chi connectivity index (χ2v) is 5.14. The predicted molar refractivity (Wildman–Crippen MR) is 69.6 cm³/mol. The van der Waals surface area contributed by atoms with E-state index in [0.717, 1.165) is 5.75 Å². The van der Waals surface area contributed by atoms with Crippen LogP contribution in [0, 0.1) is 5.92 Å². The SMILES string of the molecule is COC(CNC(=O)[C@@H](N)CCSC)C(C)C. The van der Waals surface area contributed by atoms with Gasteiger partial charge in [-0.1, -0.05) is 13.8 Å². The van der Waals surface area contributed by atoms with Crippen molar-refractivity contribution in [1.29, 1.82) is 0 Å². The van der Waals surface area contributed by atoms with Crippen LogP contribution in [0.4, 0.5) is 0 Å². The first-order chi connectivity index (χ1) is 7.52. The second-order valence-electron chi connectivity index (χ2n) is 4.15. The lowest BCUT2D eigenvalue weighted by molar-refractivity contribution is -0.123. The second kappa shape index (κ2) is 8.84. The Balaban J connectivity index is 3.86. The summed E-state index contributed by atoms with van der Waals surface area (Å²) in [6.07, 6.45) is 2.77. The monoisotopic (exact) mass is 248 g/mol. The van der Waals surface area contributed by atoms with Crippen LogP contribution < -0.4 is 11.1 Å². The number of hydrogen-bond acceptors (Lipinski definition) is 4. The van der Waals surface area contributed by atoms with Gasteiger partial charge >= 0.3 is 0 Å². The molecule has 0 aromatic rings. The standard InChI is InChI=1S/C11H24N2O2S/c1-8(2)10(15-3)7-13-11(14)9(12)5-6-16-4/h8-10H,5-7,12H2,1-4H3,(H,13,14)/t9-,10?/m0/s1. The number of rotatable bonds is 8. The van der Waals surface area contributed by atoms with Gasteiger partial charge < -0.3 is 15.8 Å². The van der Waals surface area contributed by atoms with Crippen LogP contribution in [0.3, 0.4) is 0 Å². The molecule has 0 aliphatic rings. The highest BCUT2D eigenvalue weighted by Crippen LogP contribution is 2.04. The number of methoxy groups -OCH3 is 1. The van der Waals surface area contributed by atoms with Crippen molar-refractivity contribution in [3.8, 4) is 0 Å². The van der Waals surface area contributed by atoms with Crippen molar-refractivity contribution in [2.45, 2.75) is 32.4 Å². The van der Waals surface area contributed by atoms with E-state index in [9.17, 15) is 4.79 Å². The molecule has 0 aliphatic carbocycles. The number of carbonyl (C=O) groups is 1. The number of carbonyl (C=O) groups excluding carboxylic acids is 1. The molecule has 0 aliphatic heterocycles. The molecule has 0 spiro atoms. The summed E-state index contributed by atoms with van der Waals surface area (Å²) < 4.78 is 5.26. The predicted octanol–water partition coefficient (Wildman–Crippen LogP) is 0.854. The minimum atomic E-state index is -0.405. The first-order valence-electron chi connectivity index (χ1n) is 5.58. The summed E-state index contributed by atoms with van der Waals surface area (Å²) in [7, 11) is 1.66. The molecule has 0 fully saturated rings. The van der Waals surface area contributed by atoms with Crippen molar-refractivity contribution >= 4 is 17.7 Å². The average Bonchev–Trinajstić information content (AvgIpc) is 2.25. The number of nitrogens with two attached hydrogens (primary N) is 1. The number of ether oxygens (including phenoxy) is 1. The molecule has 0 aromatic carbocycles. The van der Waals surface area contributed by atoms with E-state index in [-0.39, 0.29) is 12.0 Å². The number of hydrogen-bond donors (Lipinski definition) is 2. The summed E-state index contributed by atoms with van der Waals surface area (Å²) in [5.74, 6) is 1.21. The number of amides is 1. The Kier molecular flexibility index (Phi) is 8.70. The Labute approximate surface area is 103 Å². The molecule has 0 aromatic heterocycles. The van der Waals surface area contributed by atoms with Gasteiger partial charge in [0.25, 0.3) is 0 Å². The summed E-state index contributed by atoms with van der Waals surface area (Å²) in [4.78, 5) is 11.6. The highest BCUT2D eigenvalue weighted by atomic mass is 32.2. The van der Waals surface area contributed by atoms with Crippen LogP contribution in [0.5, 0.6) is 0 Å². The quantitative estimate of drug-likeness (QED) is 0.668. The van der Waals surface area contributed by atoms with E-state index in [0.29, 0.717) is 18.9 Å².